The molecule has 0 aliphatic rings. The van der Waals surface area contributed by atoms with Crippen LogP contribution in [0.2, 0.25) is 0 Å². The molecule has 1 unspecified atom stereocenters. The number of aromatic nitrogens is 1. The molecule has 1 N–H and O–H groups in total. The summed E-state index contributed by atoms with van der Waals surface area (Å²) in [6, 6.07) is 10.8. The van der Waals surface area contributed by atoms with Crippen molar-refractivity contribution in [2.75, 3.05) is 5.32 Å². The lowest BCUT2D eigenvalue weighted by atomic mass is 10.1. The third-order valence-electron chi connectivity index (χ3n) is 2.38. The molecule has 2 aromatic rings. The van der Waals surface area contributed by atoms with Gasteiger partial charge in [0.05, 0.1) is 6.04 Å². The molecule has 0 fully saturated rings. The first kappa shape index (κ1) is 11.6. The Bertz CT molecular complexity index is 441. The van der Waals surface area contributed by atoms with Crippen molar-refractivity contribution >= 4 is 32.4 Å². The summed E-state index contributed by atoms with van der Waals surface area (Å²) in [7, 11) is 0. The lowest BCUT2D eigenvalue weighted by molar-refractivity contribution is 0.748. The predicted molar refractivity (Wildman–Crippen MR) is 72.9 cm³/mol. The Morgan fingerprint density at radius 3 is 2.69 bits per heavy atom. The fraction of sp³-hybridized carbons (Fsp3) is 0.250. The van der Waals surface area contributed by atoms with Crippen molar-refractivity contribution < 1.29 is 0 Å². The lowest BCUT2D eigenvalue weighted by Gasteiger charge is -2.16. The Morgan fingerprint density at radius 1 is 1.38 bits per heavy atom. The van der Waals surface area contributed by atoms with Crippen LogP contribution < -0.4 is 5.32 Å². The van der Waals surface area contributed by atoms with E-state index in [1.54, 1.807) is 11.3 Å². The van der Waals surface area contributed by atoms with Crippen molar-refractivity contribution in [1.29, 1.82) is 0 Å². The van der Waals surface area contributed by atoms with Crippen LogP contribution in [0.15, 0.2) is 40.3 Å². The summed E-state index contributed by atoms with van der Waals surface area (Å²) < 4.78 is 0.892. The van der Waals surface area contributed by atoms with E-state index in [4.69, 9.17) is 0 Å². The molecule has 2 rings (SSSR count). The normalized spacial score (nSPS) is 12.4. The van der Waals surface area contributed by atoms with Crippen molar-refractivity contribution in [3.05, 3.63) is 45.9 Å². The maximum absolute atomic E-state index is 4.35. The molecule has 1 aromatic heterocycles. The standard InChI is InChI=1S/C12H13BrN2S/c1-2-10(9-6-4-3-5-7-9)14-12-15-11(13)8-16-12/h3-8,10H,2H2,1H3,(H,14,15). The number of benzene rings is 1. The molecule has 4 heteroatoms. The number of halogens is 1. The first-order valence-electron chi connectivity index (χ1n) is 5.22. The Hall–Kier alpha value is -0.870. The summed E-state index contributed by atoms with van der Waals surface area (Å²) in [4.78, 5) is 4.35. The van der Waals surface area contributed by atoms with Gasteiger partial charge in [0.1, 0.15) is 4.60 Å². The van der Waals surface area contributed by atoms with E-state index in [0.29, 0.717) is 6.04 Å². The van der Waals surface area contributed by atoms with E-state index in [0.717, 1.165) is 16.2 Å². The van der Waals surface area contributed by atoms with Crippen LogP contribution in [0.25, 0.3) is 0 Å². The van der Waals surface area contributed by atoms with Gasteiger partial charge in [-0.1, -0.05) is 37.3 Å². The Kier molecular flexibility index (Phi) is 3.96. The second-order valence-corrected chi connectivity index (χ2v) is 5.16. The predicted octanol–water partition coefficient (Wildman–Crippen LogP) is 4.47. The van der Waals surface area contributed by atoms with Gasteiger partial charge in [0.15, 0.2) is 5.13 Å². The summed E-state index contributed by atoms with van der Waals surface area (Å²) in [5.74, 6) is 0. The van der Waals surface area contributed by atoms with E-state index < -0.39 is 0 Å². The SMILES string of the molecule is CCC(Nc1nc(Br)cs1)c1ccccc1. The summed E-state index contributed by atoms with van der Waals surface area (Å²) >= 11 is 4.98. The second kappa shape index (κ2) is 5.46. The Morgan fingerprint density at radius 2 is 2.12 bits per heavy atom. The second-order valence-electron chi connectivity index (χ2n) is 3.49. The van der Waals surface area contributed by atoms with Gasteiger partial charge in [-0.25, -0.2) is 4.98 Å². The molecule has 16 heavy (non-hydrogen) atoms. The van der Waals surface area contributed by atoms with Gasteiger partial charge in [-0.3, -0.25) is 0 Å². The van der Waals surface area contributed by atoms with E-state index in [-0.39, 0.29) is 0 Å². The number of thiazole rings is 1. The number of nitrogens with one attached hydrogen (secondary N) is 1. The molecule has 0 saturated heterocycles. The number of hydrogen-bond donors (Lipinski definition) is 1. The van der Waals surface area contributed by atoms with Gasteiger partial charge >= 0.3 is 0 Å². The number of anilines is 1. The highest BCUT2D eigenvalue weighted by Crippen LogP contribution is 2.26. The van der Waals surface area contributed by atoms with Gasteiger partial charge < -0.3 is 5.32 Å². The summed E-state index contributed by atoms with van der Waals surface area (Å²) in [6.45, 7) is 2.17. The minimum absolute atomic E-state index is 0.333. The summed E-state index contributed by atoms with van der Waals surface area (Å²) in [5, 5.41) is 6.39. The third-order valence-corrected chi connectivity index (χ3v) is 3.87. The molecule has 0 spiro atoms. The monoisotopic (exact) mass is 296 g/mol. The molecule has 0 aliphatic heterocycles. The maximum atomic E-state index is 4.35. The van der Waals surface area contributed by atoms with E-state index in [2.05, 4.69) is 57.4 Å². The molecular formula is C12H13BrN2S. The molecule has 84 valence electrons. The first-order valence-corrected chi connectivity index (χ1v) is 6.89. The van der Waals surface area contributed by atoms with Crippen molar-refractivity contribution in [3.8, 4) is 0 Å². The smallest absolute Gasteiger partial charge is 0.184 e. The average Bonchev–Trinajstić information content (AvgIpc) is 2.73. The largest absolute Gasteiger partial charge is 0.355 e. The molecule has 0 saturated carbocycles. The number of nitrogens with zero attached hydrogens (tertiary/aromatic N) is 1. The highest BCUT2D eigenvalue weighted by atomic mass is 79.9. The van der Waals surface area contributed by atoms with Gasteiger partial charge in [0.25, 0.3) is 0 Å². The van der Waals surface area contributed by atoms with E-state index in [1.807, 2.05) is 11.4 Å². The zero-order valence-electron chi connectivity index (χ0n) is 8.98. The molecule has 0 aliphatic carbocycles. The van der Waals surface area contributed by atoms with Gasteiger partial charge in [-0.05, 0) is 27.9 Å². The third kappa shape index (κ3) is 2.83. The van der Waals surface area contributed by atoms with Crippen LogP contribution in [0.5, 0.6) is 0 Å². The van der Waals surface area contributed by atoms with Crippen LogP contribution in [0.4, 0.5) is 5.13 Å². The maximum Gasteiger partial charge on any atom is 0.184 e. The molecule has 0 radical (unpaired) electrons. The molecular weight excluding hydrogens is 284 g/mol. The first-order chi connectivity index (χ1) is 7.79. The van der Waals surface area contributed by atoms with Crippen LogP contribution in [0.3, 0.4) is 0 Å². The van der Waals surface area contributed by atoms with Crippen molar-refractivity contribution in [1.82, 2.24) is 4.98 Å². The minimum Gasteiger partial charge on any atom is -0.355 e. The van der Waals surface area contributed by atoms with Crippen molar-refractivity contribution in [3.63, 3.8) is 0 Å². The summed E-state index contributed by atoms with van der Waals surface area (Å²) in [5.41, 5.74) is 1.30. The summed E-state index contributed by atoms with van der Waals surface area (Å²) in [6.07, 6.45) is 1.04. The van der Waals surface area contributed by atoms with Gasteiger partial charge in [0, 0.05) is 5.38 Å². The topological polar surface area (TPSA) is 24.9 Å². The molecule has 2 nitrogen and oxygen atoms in total. The Labute approximate surface area is 108 Å². The molecule has 1 heterocycles. The van der Waals surface area contributed by atoms with E-state index >= 15 is 0 Å². The fourth-order valence-corrected chi connectivity index (χ4v) is 2.77. The van der Waals surface area contributed by atoms with Gasteiger partial charge in [-0.2, -0.15) is 0 Å². The quantitative estimate of drug-likeness (QED) is 0.900. The molecule has 1 atom stereocenters. The fourth-order valence-electron chi connectivity index (χ4n) is 1.58. The molecule has 0 bridgehead atoms. The zero-order chi connectivity index (χ0) is 11.4. The van der Waals surface area contributed by atoms with Crippen LogP contribution >= 0.6 is 27.3 Å². The van der Waals surface area contributed by atoms with E-state index in [1.165, 1.54) is 5.56 Å². The highest BCUT2D eigenvalue weighted by molar-refractivity contribution is 9.10. The Balaban J connectivity index is 2.12. The molecule has 1 aromatic carbocycles. The average molecular weight is 297 g/mol. The number of hydrogen-bond acceptors (Lipinski definition) is 3. The zero-order valence-corrected chi connectivity index (χ0v) is 11.4. The number of rotatable bonds is 4. The lowest BCUT2D eigenvalue weighted by Crippen LogP contribution is -2.09. The van der Waals surface area contributed by atoms with Gasteiger partial charge in [0.2, 0.25) is 0 Å². The van der Waals surface area contributed by atoms with Crippen LogP contribution in [0.1, 0.15) is 24.9 Å². The molecule has 0 amide bonds. The van der Waals surface area contributed by atoms with Crippen molar-refractivity contribution in [2.24, 2.45) is 0 Å². The van der Waals surface area contributed by atoms with Crippen molar-refractivity contribution in [2.45, 2.75) is 19.4 Å². The van der Waals surface area contributed by atoms with E-state index in [9.17, 15) is 0 Å². The highest BCUT2D eigenvalue weighted by Gasteiger charge is 2.10. The minimum atomic E-state index is 0.333. The van der Waals surface area contributed by atoms with Crippen LogP contribution in [0, 0.1) is 0 Å². The van der Waals surface area contributed by atoms with Crippen LogP contribution in [-0.2, 0) is 0 Å². The van der Waals surface area contributed by atoms with Crippen LogP contribution in [-0.4, -0.2) is 4.98 Å². The van der Waals surface area contributed by atoms with Gasteiger partial charge in [-0.15, -0.1) is 11.3 Å².